The second kappa shape index (κ2) is 9.87. The predicted octanol–water partition coefficient (Wildman–Crippen LogP) is 6.25. The smallest absolute Gasteiger partial charge is 0.393 e. The van der Waals surface area contributed by atoms with Gasteiger partial charge in [0, 0.05) is 6.42 Å². The summed E-state index contributed by atoms with van der Waals surface area (Å²) in [6.45, 7) is 9.39. The van der Waals surface area contributed by atoms with Crippen molar-refractivity contribution in [2.45, 2.75) is 109 Å². The van der Waals surface area contributed by atoms with Gasteiger partial charge >= 0.3 is 6.18 Å². The molecule has 3 aliphatic carbocycles. The number of fused-ring (bicyclic) bond motifs is 1. The molecule has 3 nitrogen and oxygen atoms in total. The van der Waals surface area contributed by atoms with E-state index >= 15 is 0 Å². The van der Waals surface area contributed by atoms with Crippen molar-refractivity contribution < 1.29 is 28.5 Å². The molecule has 3 rings (SSSR count). The molecule has 0 heterocycles. The average molecular weight is 471 g/mol. The Balaban J connectivity index is 1.67. The van der Waals surface area contributed by atoms with Gasteiger partial charge in [0.05, 0.1) is 12.2 Å². The number of aliphatic hydroxyl groups excluding tert-OH is 2. The van der Waals surface area contributed by atoms with E-state index in [9.17, 15) is 28.5 Å². The number of hydrogen-bond acceptors (Lipinski definition) is 3. The summed E-state index contributed by atoms with van der Waals surface area (Å²) in [7, 11) is 0. The van der Waals surface area contributed by atoms with Crippen LogP contribution in [0.3, 0.4) is 0 Å². The molecule has 0 aromatic heterocycles. The molecule has 7 atom stereocenters. The topological polar surface area (TPSA) is 60.7 Å². The summed E-state index contributed by atoms with van der Waals surface area (Å²) in [4.78, 5) is 0. The van der Waals surface area contributed by atoms with Gasteiger partial charge in [0.1, 0.15) is 0 Å². The lowest BCUT2D eigenvalue weighted by Crippen LogP contribution is -2.42. The van der Waals surface area contributed by atoms with E-state index in [1.165, 1.54) is 5.57 Å². The van der Waals surface area contributed by atoms with E-state index in [0.29, 0.717) is 49.0 Å². The molecule has 0 radical (unpaired) electrons. The number of alkyl halides is 3. The number of hydrogen-bond donors (Lipinski definition) is 3. The van der Waals surface area contributed by atoms with Crippen molar-refractivity contribution in [2.75, 3.05) is 0 Å². The Morgan fingerprint density at radius 2 is 1.91 bits per heavy atom. The number of rotatable bonds is 6. The molecular weight excluding hydrogens is 429 g/mol. The van der Waals surface area contributed by atoms with Crippen LogP contribution in [0.2, 0.25) is 0 Å². The third-order valence-electron chi connectivity index (χ3n) is 8.92. The Kier molecular flexibility index (Phi) is 7.92. The van der Waals surface area contributed by atoms with Crippen molar-refractivity contribution in [2.24, 2.45) is 23.2 Å². The van der Waals surface area contributed by atoms with Crippen molar-refractivity contribution in [3.05, 3.63) is 35.5 Å². The van der Waals surface area contributed by atoms with Crippen LogP contribution in [0.5, 0.6) is 0 Å². The lowest BCUT2D eigenvalue weighted by molar-refractivity contribution is -0.255. The van der Waals surface area contributed by atoms with Gasteiger partial charge in [-0.05, 0) is 92.6 Å². The van der Waals surface area contributed by atoms with Crippen molar-refractivity contribution in [1.29, 1.82) is 0 Å². The number of aliphatic hydroxyl groups is 3. The van der Waals surface area contributed by atoms with Gasteiger partial charge in [0.25, 0.3) is 0 Å². The largest absolute Gasteiger partial charge is 0.416 e. The summed E-state index contributed by atoms with van der Waals surface area (Å²) in [5.74, 6) is 1.23. The van der Waals surface area contributed by atoms with Crippen LogP contribution in [0.4, 0.5) is 13.2 Å². The molecule has 3 fully saturated rings. The number of allylic oxidation sites excluding steroid dienone is 3. The third-order valence-corrected chi connectivity index (χ3v) is 8.92. The zero-order chi connectivity index (χ0) is 24.6. The minimum absolute atomic E-state index is 0.136. The van der Waals surface area contributed by atoms with E-state index in [-0.39, 0.29) is 11.8 Å². The van der Waals surface area contributed by atoms with Crippen LogP contribution in [-0.4, -0.2) is 39.3 Å². The fraction of sp³-hybridized carbons (Fsp3) is 0.778. The maximum Gasteiger partial charge on any atom is 0.416 e. The van der Waals surface area contributed by atoms with Crippen molar-refractivity contribution in [3.8, 4) is 0 Å². The molecule has 0 aliphatic heterocycles. The highest BCUT2D eigenvalue weighted by atomic mass is 19.4. The third kappa shape index (κ3) is 5.59. The van der Waals surface area contributed by atoms with Gasteiger partial charge in [-0.25, -0.2) is 0 Å². The fourth-order valence-electron chi connectivity index (χ4n) is 6.79. The molecule has 0 spiro atoms. The predicted molar refractivity (Wildman–Crippen MR) is 124 cm³/mol. The average Bonchev–Trinajstić information content (AvgIpc) is 3.06. The van der Waals surface area contributed by atoms with Gasteiger partial charge < -0.3 is 15.3 Å². The van der Waals surface area contributed by atoms with Gasteiger partial charge in [0.15, 0.2) is 5.60 Å². The van der Waals surface area contributed by atoms with Gasteiger partial charge in [-0.15, -0.1) is 0 Å². The Hall–Kier alpha value is -1.11. The Labute approximate surface area is 196 Å². The van der Waals surface area contributed by atoms with E-state index < -0.39 is 24.0 Å². The van der Waals surface area contributed by atoms with Crippen molar-refractivity contribution >= 4 is 0 Å². The Morgan fingerprint density at radius 1 is 1.21 bits per heavy atom. The SMILES string of the molecule is C=C1/C(=C/C=C2/CCC[C@@]3(C)C2CCC3C(C)CCCC(C)(O)C(F)(F)F)C[C@@H](O)C[C@@H]1O. The normalized spacial score (nSPS) is 38.4. The van der Waals surface area contributed by atoms with Gasteiger partial charge in [-0.2, -0.15) is 13.2 Å². The van der Waals surface area contributed by atoms with Crippen LogP contribution in [0.15, 0.2) is 35.5 Å². The van der Waals surface area contributed by atoms with E-state index in [1.54, 1.807) is 0 Å². The zero-order valence-electron chi connectivity index (χ0n) is 20.3. The van der Waals surface area contributed by atoms with Crippen LogP contribution in [0.25, 0.3) is 0 Å². The van der Waals surface area contributed by atoms with Crippen LogP contribution < -0.4 is 0 Å². The van der Waals surface area contributed by atoms with Crippen LogP contribution in [0.1, 0.15) is 85.0 Å². The molecule has 3 aliphatic rings. The summed E-state index contributed by atoms with van der Waals surface area (Å²) in [6, 6.07) is 0. The Morgan fingerprint density at radius 3 is 2.58 bits per heavy atom. The molecule has 4 unspecified atom stereocenters. The second-order valence-corrected chi connectivity index (χ2v) is 11.3. The molecule has 0 bridgehead atoms. The standard InChI is InChI=1S/C27H41F3O3/c1-17(7-5-14-26(4,33)27(28,29)30)22-11-12-23-19(8-6-13-25(22,23)3)9-10-20-15-21(31)16-24(32)18(20)2/h9-10,17,21-24,31-33H,2,5-8,11-16H2,1,3-4H3/b19-9-,20-10+/t17?,21-,22?,23?,24+,25-,26?/m1/s1. The van der Waals surface area contributed by atoms with E-state index in [4.69, 9.17) is 0 Å². The van der Waals surface area contributed by atoms with Crippen LogP contribution in [-0.2, 0) is 0 Å². The lowest BCUT2D eigenvalue weighted by atomic mass is 9.60. The van der Waals surface area contributed by atoms with Gasteiger partial charge in [-0.3, -0.25) is 0 Å². The highest BCUT2D eigenvalue weighted by molar-refractivity contribution is 5.38. The second-order valence-electron chi connectivity index (χ2n) is 11.3. The van der Waals surface area contributed by atoms with Crippen molar-refractivity contribution in [1.82, 2.24) is 0 Å². The molecule has 0 saturated heterocycles. The molecule has 0 aromatic carbocycles. The quantitative estimate of drug-likeness (QED) is 0.430. The van der Waals surface area contributed by atoms with E-state index in [1.807, 2.05) is 6.08 Å². The minimum Gasteiger partial charge on any atom is -0.393 e. The molecule has 0 amide bonds. The summed E-state index contributed by atoms with van der Waals surface area (Å²) < 4.78 is 38.9. The molecule has 6 heteroatoms. The molecule has 188 valence electrons. The highest BCUT2D eigenvalue weighted by Gasteiger charge is 2.51. The number of halogens is 3. The molecule has 3 N–H and O–H groups in total. The Bertz CT molecular complexity index is 782. The van der Waals surface area contributed by atoms with Crippen molar-refractivity contribution in [3.63, 3.8) is 0 Å². The first kappa shape index (κ1) is 26.5. The summed E-state index contributed by atoms with van der Waals surface area (Å²) >= 11 is 0. The van der Waals surface area contributed by atoms with Crippen LogP contribution in [0, 0.1) is 23.2 Å². The first-order valence-corrected chi connectivity index (χ1v) is 12.5. The van der Waals surface area contributed by atoms with E-state index in [0.717, 1.165) is 44.6 Å². The molecule has 0 aromatic rings. The first-order valence-electron chi connectivity index (χ1n) is 12.5. The fourth-order valence-corrected chi connectivity index (χ4v) is 6.79. The minimum atomic E-state index is -4.59. The summed E-state index contributed by atoms with van der Waals surface area (Å²) in [6.07, 6.45) is 5.49. The first-order chi connectivity index (χ1) is 15.3. The summed E-state index contributed by atoms with van der Waals surface area (Å²) in [5.41, 5.74) is 0.544. The molecule has 33 heavy (non-hydrogen) atoms. The van der Waals surface area contributed by atoms with E-state index in [2.05, 4.69) is 26.5 Å². The van der Waals surface area contributed by atoms with Crippen LogP contribution >= 0.6 is 0 Å². The molecular formula is C27H41F3O3. The maximum atomic E-state index is 13.0. The highest BCUT2D eigenvalue weighted by Crippen LogP contribution is 2.60. The maximum absolute atomic E-state index is 13.0. The van der Waals surface area contributed by atoms with Gasteiger partial charge in [-0.1, -0.05) is 44.6 Å². The van der Waals surface area contributed by atoms with Gasteiger partial charge in [0.2, 0.25) is 0 Å². The monoisotopic (exact) mass is 470 g/mol. The molecule has 3 saturated carbocycles. The summed E-state index contributed by atoms with van der Waals surface area (Å²) in [5, 5.41) is 29.9. The lowest BCUT2D eigenvalue weighted by Gasteiger charge is -2.44. The zero-order valence-corrected chi connectivity index (χ0v) is 20.3.